The third kappa shape index (κ3) is 5.63. The average molecular weight is 375 g/mol. The molecule has 0 aliphatic carbocycles. The van der Waals surface area contributed by atoms with E-state index in [0.29, 0.717) is 5.69 Å². The summed E-state index contributed by atoms with van der Waals surface area (Å²) in [5.41, 5.74) is 0.00129. The van der Waals surface area contributed by atoms with Crippen molar-refractivity contribution in [3.63, 3.8) is 0 Å². The Labute approximate surface area is 156 Å². The number of urea groups is 1. The SMILES string of the molecule is CC(C)(C)NC(=O)NC(=O)COC(=O)c1ccc(N2C(=O)CCC2=O)cc1. The van der Waals surface area contributed by atoms with Crippen LogP contribution in [0, 0.1) is 0 Å². The molecule has 0 saturated carbocycles. The number of anilines is 1. The second-order valence-electron chi connectivity index (χ2n) is 7.00. The number of benzene rings is 1. The number of imide groups is 2. The van der Waals surface area contributed by atoms with Crippen molar-refractivity contribution in [1.82, 2.24) is 10.6 Å². The molecule has 9 heteroatoms. The first-order valence-corrected chi connectivity index (χ1v) is 8.32. The van der Waals surface area contributed by atoms with Gasteiger partial charge in [0.15, 0.2) is 6.61 Å². The Morgan fingerprint density at radius 2 is 1.59 bits per heavy atom. The predicted molar refractivity (Wildman–Crippen MR) is 94.9 cm³/mol. The molecule has 9 nitrogen and oxygen atoms in total. The van der Waals surface area contributed by atoms with E-state index in [4.69, 9.17) is 4.74 Å². The lowest BCUT2D eigenvalue weighted by molar-refractivity contribution is -0.123. The van der Waals surface area contributed by atoms with E-state index < -0.39 is 30.1 Å². The molecule has 1 aromatic carbocycles. The highest BCUT2D eigenvalue weighted by Gasteiger charge is 2.30. The molecule has 0 bridgehead atoms. The van der Waals surface area contributed by atoms with E-state index in [2.05, 4.69) is 10.6 Å². The van der Waals surface area contributed by atoms with Crippen LogP contribution in [0.2, 0.25) is 0 Å². The van der Waals surface area contributed by atoms with Crippen LogP contribution in [0.4, 0.5) is 10.5 Å². The molecular formula is C18H21N3O6. The first-order valence-electron chi connectivity index (χ1n) is 8.32. The first kappa shape index (κ1) is 20.1. The van der Waals surface area contributed by atoms with Crippen LogP contribution in [0.5, 0.6) is 0 Å². The van der Waals surface area contributed by atoms with Crippen molar-refractivity contribution in [2.24, 2.45) is 0 Å². The zero-order valence-corrected chi connectivity index (χ0v) is 15.3. The van der Waals surface area contributed by atoms with Gasteiger partial charge in [0.1, 0.15) is 0 Å². The Morgan fingerprint density at radius 3 is 2.11 bits per heavy atom. The number of esters is 1. The van der Waals surface area contributed by atoms with Gasteiger partial charge in [-0.2, -0.15) is 0 Å². The summed E-state index contributed by atoms with van der Waals surface area (Å²) >= 11 is 0. The molecule has 0 spiro atoms. The Balaban J connectivity index is 1.87. The Hall–Kier alpha value is -3.23. The monoisotopic (exact) mass is 375 g/mol. The highest BCUT2D eigenvalue weighted by molar-refractivity contribution is 6.19. The molecule has 1 saturated heterocycles. The second-order valence-corrected chi connectivity index (χ2v) is 7.00. The van der Waals surface area contributed by atoms with Gasteiger partial charge in [0.2, 0.25) is 11.8 Å². The molecule has 0 radical (unpaired) electrons. The van der Waals surface area contributed by atoms with Crippen molar-refractivity contribution < 1.29 is 28.7 Å². The van der Waals surface area contributed by atoms with Gasteiger partial charge in [-0.3, -0.25) is 24.6 Å². The number of carbonyl (C=O) groups excluding carboxylic acids is 5. The fraction of sp³-hybridized carbons (Fsp3) is 0.389. The summed E-state index contributed by atoms with van der Waals surface area (Å²) < 4.78 is 4.85. The second kappa shape index (κ2) is 7.98. The zero-order chi connectivity index (χ0) is 20.2. The molecule has 1 heterocycles. The van der Waals surface area contributed by atoms with Gasteiger partial charge in [-0.15, -0.1) is 0 Å². The van der Waals surface area contributed by atoms with Gasteiger partial charge >= 0.3 is 12.0 Å². The third-order valence-corrected chi connectivity index (χ3v) is 3.49. The van der Waals surface area contributed by atoms with E-state index in [1.807, 2.05) is 0 Å². The van der Waals surface area contributed by atoms with Crippen LogP contribution < -0.4 is 15.5 Å². The van der Waals surface area contributed by atoms with Crippen LogP contribution in [0.1, 0.15) is 44.0 Å². The first-order chi connectivity index (χ1) is 12.6. The van der Waals surface area contributed by atoms with E-state index in [9.17, 15) is 24.0 Å². The molecule has 1 fully saturated rings. The quantitative estimate of drug-likeness (QED) is 0.601. The number of nitrogens with zero attached hydrogens (tertiary/aromatic N) is 1. The van der Waals surface area contributed by atoms with E-state index in [1.54, 1.807) is 20.8 Å². The standard InChI is InChI=1S/C18H21N3O6/c1-18(2,3)20-17(26)19-13(22)10-27-16(25)11-4-6-12(7-5-11)21-14(23)8-9-15(21)24/h4-7H,8-10H2,1-3H3,(H2,19,20,22,26). The van der Waals surface area contributed by atoms with Crippen LogP contribution in [0.3, 0.4) is 0 Å². The van der Waals surface area contributed by atoms with Crippen LogP contribution in [-0.4, -0.2) is 41.9 Å². The summed E-state index contributed by atoms with van der Waals surface area (Å²) in [5, 5.41) is 4.59. The summed E-state index contributed by atoms with van der Waals surface area (Å²) in [7, 11) is 0. The molecule has 5 amide bonds. The molecule has 1 aromatic rings. The number of nitrogens with one attached hydrogen (secondary N) is 2. The highest BCUT2D eigenvalue weighted by atomic mass is 16.5. The maximum absolute atomic E-state index is 12.0. The molecule has 27 heavy (non-hydrogen) atoms. The van der Waals surface area contributed by atoms with Gasteiger partial charge in [0.05, 0.1) is 11.3 Å². The van der Waals surface area contributed by atoms with Crippen molar-refractivity contribution in [2.45, 2.75) is 39.2 Å². The lowest BCUT2D eigenvalue weighted by Crippen LogP contribution is -2.49. The Morgan fingerprint density at radius 1 is 1.04 bits per heavy atom. The maximum Gasteiger partial charge on any atom is 0.338 e. The number of rotatable bonds is 4. The van der Waals surface area contributed by atoms with E-state index in [-0.39, 0.29) is 30.2 Å². The van der Waals surface area contributed by atoms with E-state index in [0.717, 1.165) is 4.90 Å². The topological polar surface area (TPSA) is 122 Å². The van der Waals surface area contributed by atoms with Gasteiger partial charge in [-0.05, 0) is 45.0 Å². The summed E-state index contributed by atoms with van der Waals surface area (Å²) in [5.74, 6) is -2.12. The Bertz CT molecular complexity index is 763. The molecule has 2 rings (SSSR count). The van der Waals surface area contributed by atoms with Gasteiger partial charge < -0.3 is 10.1 Å². The lowest BCUT2D eigenvalue weighted by atomic mass is 10.1. The zero-order valence-electron chi connectivity index (χ0n) is 15.3. The fourth-order valence-corrected chi connectivity index (χ4v) is 2.36. The van der Waals surface area contributed by atoms with Crippen LogP contribution in [0.15, 0.2) is 24.3 Å². The summed E-state index contributed by atoms with van der Waals surface area (Å²) in [4.78, 5) is 59.6. The Kier molecular flexibility index (Phi) is 5.94. The molecular weight excluding hydrogens is 354 g/mol. The molecule has 0 unspecified atom stereocenters. The van der Waals surface area contributed by atoms with Crippen LogP contribution in [0.25, 0.3) is 0 Å². The van der Waals surface area contributed by atoms with Crippen molar-refractivity contribution in [2.75, 3.05) is 11.5 Å². The molecule has 0 atom stereocenters. The third-order valence-electron chi connectivity index (χ3n) is 3.49. The smallest absolute Gasteiger partial charge is 0.338 e. The number of amides is 5. The predicted octanol–water partition coefficient (Wildman–Crippen LogP) is 1.12. The summed E-state index contributed by atoms with van der Waals surface area (Å²) in [6.07, 6.45) is 0.334. The normalized spacial score (nSPS) is 14.1. The molecule has 2 N–H and O–H groups in total. The largest absolute Gasteiger partial charge is 0.452 e. The van der Waals surface area contributed by atoms with Crippen molar-refractivity contribution in [3.05, 3.63) is 29.8 Å². The van der Waals surface area contributed by atoms with Gasteiger partial charge in [-0.1, -0.05) is 0 Å². The number of hydrogen-bond donors (Lipinski definition) is 2. The minimum atomic E-state index is -0.771. The number of hydrogen-bond acceptors (Lipinski definition) is 6. The molecule has 144 valence electrons. The minimum absolute atomic E-state index is 0.143. The molecule has 1 aliphatic rings. The van der Waals surface area contributed by atoms with Gasteiger partial charge in [-0.25, -0.2) is 9.59 Å². The van der Waals surface area contributed by atoms with Gasteiger partial charge in [0, 0.05) is 18.4 Å². The van der Waals surface area contributed by atoms with E-state index >= 15 is 0 Å². The van der Waals surface area contributed by atoms with Crippen LogP contribution >= 0.6 is 0 Å². The molecule has 1 aliphatic heterocycles. The highest BCUT2D eigenvalue weighted by Crippen LogP contribution is 2.22. The number of ether oxygens (including phenoxy) is 1. The van der Waals surface area contributed by atoms with Gasteiger partial charge in [0.25, 0.3) is 5.91 Å². The summed E-state index contributed by atoms with van der Waals surface area (Å²) in [6.45, 7) is 4.64. The lowest BCUT2D eigenvalue weighted by Gasteiger charge is -2.20. The number of carbonyl (C=O) groups is 5. The molecule has 0 aromatic heterocycles. The van der Waals surface area contributed by atoms with Crippen LogP contribution in [-0.2, 0) is 19.1 Å². The maximum atomic E-state index is 12.0. The summed E-state index contributed by atoms with van der Waals surface area (Å²) in [6, 6.07) is 5.00. The van der Waals surface area contributed by atoms with Crippen molar-refractivity contribution in [3.8, 4) is 0 Å². The fourth-order valence-electron chi connectivity index (χ4n) is 2.36. The van der Waals surface area contributed by atoms with Crippen molar-refractivity contribution in [1.29, 1.82) is 0 Å². The van der Waals surface area contributed by atoms with Crippen molar-refractivity contribution >= 4 is 35.4 Å². The average Bonchev–Trinajstić information content (AvgIpc) is 2.89. The minimum Gasteiger partial charge on any atom is -0.452 e. The van der Waals surface area contributed by atoms with E-state index in [1.165, 1.54) is 24.3 Å².